The predicted molar refractivity (Wildman–Crippen MR) is 70.3 cm³/mol. The zero-order valence-corrected chi connectivity index (χ0v) is 10.8. The molecule has 0 atom stereocenters. The smallest absolute Gasteiger partial charge is 0.358 e. The van der Waals surface area contributed by atoms with E-state index >= 15 is 0 Å². The van der Waals surface area contributed by atoms with E-state index < -0.39 is 5.97 Å². The largest absolute Gasteiger partial charge is 0.476 e. The van der Waals surface area contributed by atoms with Crippen molar-refractivity contribution in [2.45, 2.75) is 13.0 Å². The van der Waals surface area contributed by atoms with Crippen LogP contribution in [0.5, 0.6) is 0 Å². The number of rotatable bonds is 5. The second kappa shape index (κ2) is 5.81. The SMILES string of the molecule is NCCc1c(C(=O)O)nnn1Cc1cccc(Cl)c1. The Kier molecular flexibility index (Phi) is 4.13. The van der Waals surface area contributed by atoms with Gasteiger partial charge in [-0.3, -0.25) is 0 Å². The van der Waals surface area contributed by atoms with Gasteiger partial charge < -0.3 is 10.8 Å². The number of nitrogens with two attached hydrogens (primary N) is 1. The lowest BCUT2D eigenvalue weighted by molar-refractivity contribution is 0.0689. The van der Waals surface area contributed by atoms with E-state index in [1.54, 1.807) is 16.8 Å². The van der Waals surface area contributed by atoms with Gasteiger partial charge in [-0.1, -0.05) is 28.9 Å². The van der Waals surface area contributed by atoms with Crippen LogP contribution in [0.1, 0.15) is 21.7 Å². The molecule has 1 aromatic heterocycles. The molecular formula is C12H13ClN4O2. The summed E-state index contributed by atoms with van der Waals surface area (Å²) in [4.78, 5) is 11.0. The van der Waals surface area contributed by atoms with Crippen molar-refractivity contribution in [2.24, 2.45) is 5.73 Å². The van der Waals surface area contributed by atoms with Gasteiger partial charge in [0.25, 0.3) is 0 Å². The molecule has 0 aliphatic rings. The van der Waals surface area contributed by atoms with Crippen LogP contribution in [0.2, 0.25) is 5.02 Å². The summed E-state index contributed by atoms with van der Waals surface area (Å²) in [5, 5.41) is 17.2. The summed E-state index contributed by atoms with van der Waals surface area (Å²) in [6.45, 7) is 0.749. The summed E-state index contributed by atoms with van der Waals surface area (Å²) >= 11 is 5.91. The third-order valence-corrected chi connectivity index (χ3v) is 2.88. The van der Waals surface area contributed by atoms with Gasteiger partial charge in [-0.05, 0) is 24.2 Å². The fraction of sp³-hybridized carbons (Fsp3) is 0.250. The number of aromatic carboxylic acids is 1. The van der Waals surface area contributed by atoms with E-state index in [-0.39, 0.29) is 5.69 Å². The number of carboxylic acid groups (broad SMARTS) is 1. The minimum atomic E-state index is -1.10. The van der Waals surface area contributed by atoms with Gasteiger partial charge in [0, 0.05) is 11.4 Å². The zero-order valence-electron chi connectivity index (χ0n) is 10.1. The number of hydrogen-bond donors (Lipinski definition) is 2. The maximum Gasteiger partial charge on any atom is 0.358 e. The second-order valence-electron chi connectivity index (χ2n) is 4.02. The Hall–Kier alpha value is -1.92. The molecule has 6 nitrogen and oxygen atoms in total. The summed E-state index contributed by atoms with van der Waals surface area (Å²) < 4.78 is 1.54. The van der Waals surface area contributed by atoms with Crippen LogP contribution in [0, 0.1) is 0 Å². The summed E-state index contributed by atoms with van der Waals surface area (Å²) in [6, 6.07) is 7.29. The minimum Gasteiger partial charge on any atom is -0.476 e. The van der Waals surface area contributed by atoms with Crippen molar-refractivity contribution in [3.8, 4) is 0 Å². The molecule has 7 heteroatoms. The molecule has 0 saturated heterocycles. The number of halogens is 1. The Labute approximate surface area is 114 Å². The highest BCUT2D eigenvalue weighted by atomic mass is 35.5. The fourth-order valence-electron chi connectivity index (χ4n) is 1.82. The van der Waals surface area contributed by atoms with Gasteiger partial charge in [0.2, 0.25) is 0 Å². The predicted octanol–water partition coefficient (Wildman–Crippen LogP) is 1.18. The van der Waals surface area contributed by atoms with Gasteiger partial charge in [-0.25, -0.2) is 9.48 Å². The number of benzene rings is 1. The first-order valence-corrected chi connectivity index (χ1v) is 6.09. The van der Waals surface area contributed by atoms with Crippen LogP contribution < -0.4 is 5.73 Å². The molecule has 0 radical (unpaired) electrons. The highest BCUT2D eigenvalue weighted by molar-refractivity contribution is 6.30. The molecule has 0 bridgehead atoms. The van der Waals surface area contributed by atoms with E-state index in [1.165, 1.54) is 0 Å². The Balaban J connectivity index is 2.32. The minimum absolute atomic E-state index is 0.0486. The van der Waals surface area contributed by atoms with E-state index in [0.717, 1.165) is 5.56 Å². The molecule has 3 N–H and O–H groups in total. The van der Waals surface area contributed by atoms with E-state index in [1.807, 2.05) is 12.1 Å². The Morgan fingerprint density at radius 3 is 2.89 bits per heavy atom. The number of nitrogens with zero attached hydrogens (tertiary/aromatic N) is 3. The summed E-state index contributed by atoms with van der Waals surface area (Å²) in [5.41, 5.74) is 6.89. The van der Waals surface area contributed by atoms with Crippen LogP contribution in [-0.4, -0.2) is 32.6 Å². The first-order valence-electron chi connectivity index (χ1n) is 5.72. The molecule has 2 aromatic rings. The van der Waals surface area contributed by atoms with Gasteiger partial charge >= 0.3 is 5.97 Å². The summed E-state index contributed by atoms with van der Waals surface area (Å²) in [5.74, 6) is -1.10. The zero-order chi connectivity index (χ0) is 13.8. The second-order valence-corrected chi connectivity index (χ2v) is 4.45. The first-order chi connectivity index (χ1) is 9.11. The molecule has 1 aromatic carbocycles. The van der Waals surface area contributed by atoms with Crippen LogP contribution >= 0.6 is 11.6 Å². The van der Waals surface area contributed by atoms with Crippen LogP contribution in [-0.2, 0) is 13.0 Å². The number of aromatic nitrogens is 3. The molecule has 0 aliphatic carbocycles. The topological polar surface area (TPSA) is 94.0 Å². The summed E-state index contributed by atoms with van der Waals surface area (Å²) in [6.07, 6.45) is 0.412. The standard InChI is InChI=1S/C12H13ClN4O2/c13-9-3-1-2-8(6-9)7-17-10(4-5-14)11(12(18)19)15-16-17/h1-3,6H,4-5,7,14H2,(H,18,19). The Morgan fingerprint density at radius 1 is 1.47 bits per heavy atom. The van der Waals surface area contributed by atoms with Crippen molar-refractivity contribution in [1.29, 1.82) is 0 Å². The van der Waals surface area contributed by atoms with E-state index in [0.29, 0.717) is 30.2 Å². The molecule has 2 rings (SSSR count). The lowest BCUT2D eigenvalue weighted by atomic mass is 10.2. The van der Waals surface area contributed by atoms with Crippen molar-refractivity contribution >= 4 is 17.6 Å². The number of carboxylic acids is 1. The van der Waals surface area contributed by atoms with Crippen molar-refractivity contribution < 1.29 is 9.90 Å². The van der Waals surface area contributed by atoms with Crippen molar-refractivity contribution in [1.82, 2.24) is 15.0 Å². The third-order valence-electron chi connectivity index (χ3n) is 2.64. The molecule has 19 heavy (non-hydrogen) atoms. The van der Waals surface area contributed by atoms with E-state index in [4.69, 9.17) is 22.4 Å². The van der Waals surface area contributed by atoms with E-state index in [2.05, 4.69) is 10.3 Å². The number of carbonyl (C=O) groups is 1. The van der Waals surface area contributed by atoms with Gasteiger partial charge in [0.05, 0.1) is 12.2 Å². The molecule has 0 spiro atoms. The van der Waals surface area contributed by atoms with Gasteiger partial charge in [-0.2, -0.15) is 0 Å². The number of hydrogen-bond acceptors (Lipinski definition) is 4. The average molecular weight is 281 g/mol. The van der Waals surface area contributed by atoms with Gasteiger partial charge in [0.15, 0.2) is 5.69 Å². The fourth-order valence-corrected chi connectivity index (χ4v) is 2.03. The van der Waals surface area contributed by atoms with Crippen LogP contribution in [0.3, 0.4) is 0 Å². The third kappa shape index (κ3) is 3.10. The molecule has 1 heterocycles. The first kappa shape index (κ1) is 13.5. The molecule has 0 amide bonds. The normalized spacial score (nSPS) is 10.6. The molecular weight excluding hydrogens is 268 g/mol. The van der Waals surface area contributed by atoms with Crippen LogP contribution in [0.25, 0.3) is 0 Å². The highest BCUT2D eigenvalue weighted by Crippen LogP contribution is 2.14. The van der Waals surface area contributed by atoms with Gasteiger partial charge in [0.1, 0.15) is 0 Å². The Morgan fingerprint density at radius 2 is 2.26 bits per heavy atom. The Bertz CT molecular complexity index is 597. The highest BCUT2D eigenvalue weighted by Gasteiger charge is 2.18. The average Bonchev–Trinajstić information content (AvgIpc) is 2.73. The van der Waals surface area contributed by atoms with Crippen LogP contribution in [0.15, 0.2) is 24.3 Å². The summed E-state index contributed by atoms with van der Waals surface area (Å²) in [7, 11) is 0. The molecule has 0 unspecified atom stereocenters. The van der Waals surface area contributed by atoms with E-state index in [9.17, 15) is 4.79 Å². The maximum atomic E-state index is 11.0. The molecule has 0 saturated carbocycles. The monoisotopic (exact) mass is 280 g/mol. The van der Waals surface area contributed by atoms with Gasteiger partial charge in [-0.15, -0.1) is 5.10 Å². The van der Waals surface area contributed by atoms with Crippen molar-refractivity contribution in [3.05, 3.63) is 46.2 Å². The molecule has 100 valence electrons. The molecule has 0 aliphatic heterocycles. The van der Waals surface area contributed by atoms with Crippen molar-refractivity contribution in [2.75, 3.05) is 6.54 Å². The lowest BCUT2D eigenvalue weighted by Gasteiger charge is -2.06. The van der Waals surface area contributed by atoms with Crippen molar-refractivity contribution in [3.63, 3.8) is 0 Å². The lowest BCUT2D eigenvalue weighted by Crippen LogP contribution is -2.14. The quantitative estimate of drug-likeness (QED) is 0.858. The molecule has 0 fully saturated rings. The maximum absolute atomic E-state index is 11.0. The van der Waals surface area contributed by atoms with Crippen LogP contribution in [0.4, 0.5) is 0 Å².